The lowest BCUT2D eigenvalue weighted by atomic mass is 10.0. The molecule has 0 aliphatic rings. The van der Waals surface area contributed by atoms with Crippen LogP contribution in [-0.2, 0) is 9.59 Å². The Balaban J connectivity index is 2.47. The van der Waals surface area contributed by atoms with Crippen molar-refractivity contribution in [3.8, 4) is 0 Å². The van der Waals surface area contributed by atoms with Crippen molar-refractivity contribution in [2.24, 2.45) is 5.92 Å². The summed E-state index contributed by atoms with van der Waals surface area (Å²) < 4.78 is 0.883. The van der Waals surface area contributed by atoms with E-state index in [0.29, 0.717) is 5.69 Å². The van der Waals surface area contributed by atoms with Crippen molar-refractivity contribution in [3.63, 3.8) is 0 Å². The summed E-state index contributed by atoms with van der Waals surface area (Å²) in [6.45, 7) is 1.74. The monoisotopic (exact) mass is 299 g/mol. The standard InChI is InChI=1S/C12H14BrNO3/c1-8(6-12(16)17)5-11(15)14-10-4-2-3-9(13)7-10/h2-4,7-8H,5-6H2,1H3,(H,14,15)(H,16,17). The Morgan fingerprint density at radius 3 is 2.71 bits per heavy atom. The largest absolute Gasteiger partial charge is 0.481 e. The molecule has 0 spiro atoms. The van der Waals surface area contributed by atoms with Crippen LogP contribution in [0.2, 0.25) is 0 Å². The fourth-order valence-electron chi connectivity index (χ4n) is 1.47. The normalized spacial score (nSPS) is 11.9. The molecular weight excluding hydrogens is 286 g/mol. The highest BCUT2D eigenvalue weighted by Crippen LogP contribution is 2.16. The molecule has 0 fully saturated rings. The minimum absolute atomic E-state index is 0.00586. The van der Waals surface area contributed by atoms with Gasteiger partial charge in [-0.15, -0.1) is 0 Å². The van der Waals surface area contributed by atoms with Crippen LogP contribution >= 0.6 is 15.9 Å². The number of hydrogen-bond donors (Lipinski definition) is 2. The van der Waals surface area contributed by atoms with Gasteiger partial charge in [0.2, 0.25) is 5.91 Å². The lowest BCUT2D eigenvalue weighted by Crippen LogP contribution is -2.16. The maximum absolute atomic E-state index is 11.6. The fraction of sp³-hybridized carbons (Fsp3) is 0.333. The topological polar surface area (TPSA) is 66.4 Å². The first-order valence-electron chi connectivity index (χ1n) is 5.24. The third-order valence-electron chi connectivity index (χ3n) is 2.17. The molecule has 0 saturated heterocycles. The molecule has 1 atom stereocenters. The second kappa shape index (κ2) is 6.39. The van der Waals surface area contributed by atoms with Crippen LogP contribution in [0.1, 0.15) is 19.8 Å². The highest BCUT2D eigenvalue weighted by Gasteiger charge is 2.12. The van der Waals surface area contributed by atoms with E-state index < -0.39 is 5.97 Å². The first-order valence-corrected chi connectivity index (χ1v) is 6.04. The lowest BCUT2D eigenvalue weighted by Gasteiger charge is -2.09. The summed E-state index contributed by atoms with van der Waals surface area (Å²) in [4.78, 5) is 22.1. The number of hydrogen-bond acceptors (Lipinski definition) is 2. The van der Waals surface area contributed by atoms with E-state index in [2.05, 4.69) is 21.2 Å². The van der Waals surface area contributed by atoms with E-state index in [4.69, 9.17) is 5.11 Å². The number of amides is 1. The first kappa shape index (κ1) is 13.7. The van der Waals surface area contributed by atoms with Gasteiger partial charge in [0.1, 0.15) is 0 Å². The van der Waals surface area contributed by atoms with Crippen LogP contribution in [0.4, 0.5) is 5.69 Å². The van der Waals surface area contributed by atoms with Crippen molar-refractivity contribution in [1.29, 1.82) is 0 Å². The van der Waals surface area contributed by atoms with Gasteiger partial charge in [-0.05, 0) is 24.1 Å². The average Bonchev–Trinajstić information content (AvgIpc) is 2.14. The van der Waals surface area contributed by atoms with Crippen LogP contribution in [0.5, 0.6) is 0 Å². The number of carboxylic acid groups (broad SMARTS) is 1. The summed E-state index contributed by atoms with van der Waals surface area (Å²) in [6.07, 6.45) is 0.213. The molecule has 2 N–H and O–H groups in total. The van der Waals surface area contributed by atoms with Gasteiger partial charge in [-0.2, -0.15) is 0 Å². The number of nitrogens with one attached hydrogen (secondary N) is 1. The van der Waals surface area contributed by atoms with Crippen molar-refractivity contribution in [2.75, 3.05) is 5.32 Å². The zero-order chi connectivity index (χ0) is 12.8. The number of carbonyl (C=O) groups is 2. The van der Waals surface area contributed by atoms with Gasteiger partial charge in [-0.1, -0.05) is 28.9 Å². The maximum Gasteiger partial charge on any atom is 0.303 e. The number of benzene rings is 1. The molecule has 4 nitrogen and oxygen atoms in total. The Morgan fingerprint density at radius 2 is 2.12 bits per heavy atom. The molecule has 1 aromatic carbocycles. The predicted octanol–water partition coefficient (Wildman–Crippen LogP) is 2.89. The van der Waals surface area contributed by atoms with Gasteiger partial charge >= 0.3 is 5.97 Å². The van der Waals surface area contributed by atoms with E-state index in [-0.39, 0.29) is 24.7 Å². The van der Waals surface area contributed by atoms with Gasteiger partial charge in [-0.3, -0.25) is 9.59 Å². The minimum atomic E-state index is -0.882. The van der Waals surface area contributed by atoms with Crippen LogP contribution < -0.4 is 5.32 Å². The number of rotatable bonds is 5. The zero-order valence-electron chi connectivity index (χ0n) is 9.44. The Bertz CT molecular complexity index is 420. The van der Waals surface area contributed by atoms with Gasteiger partial charge in [0, 0.05) is 23.0 Å². The Labute approximate surface area is 108 Å². The van der Waals surface area contributed by atoms with Gasteiger partial charge in [0.15, 0.2) is 0 Å². The molecule has 0 aliphatic heterocycles. The third kappa shape index (κ3) is 5.49. The van der Waals surface area contributed by atoms with Gasteiger partial charge in [0.25, 0.3) is 0 Å². The van der Waals surface area contributed by atoms with Gasteiger partial charge < -0.3 is 10.4 Å². The zero-order valence-corrected chi connectivity index (χ0v) is 11.0. The number of anilines is 1. The van der Waals surface area contributed by atoms with Crippen molar-refractivity contribution >= 4 is 33.5 Å². The lowest BCUT2D eigenvalue weighted by molar-refractivity contribution is -0.138. The van der Waals surface area contributed by atoms with E-state index in [1.807, 2.05) is 12.1 Å². The predicted molar refractivity (Wildman–Crippen MR) is 68.8 cm³/mol. The molecule has 1 aromatic rings. The van der Waals surface area contributed by atoms with E-state index in [9.17, 15) is 9.59 Å². The molecule has 0 aliphatic carbocycles. The third-order valence-corrected chi connectivity index (χ3v) is 2.66. The maximum atomic E-state index is 11.6. The Hall–Kier alpha value is -1.36. The SMILES string of the molecule is CC(CC(=O)O)CC(=O)Nc1cccc(Br)c1. The molecule has 0 aromatic heterocycles. The second-order valence-corrected chi connectivity index (χ2v) is 4.88. The molecular formula is C12H14BrNO3. The molecule has 17 heavy (non-hydrogen) atoms. The second-order valence-electron chi connectivity index (χ2n) is 3.97. The molecule has 1 amide bonds. The number of aliphatic carboxylic acids is 1. The summed E-state index contributed by atoms with van der Waals surface area (Å²) in [7, 11) is 0. The summed E-state index contributed by atoms with van der Waals surface area (Å²) >= 11 is 3.31. The Morgan fingerprint density at radius 1 is 1.41 bits per heavy atom. The number of carbonyl (C=O) groups excluding carboxylic acids is 1. The van der Waals surface area contributed by atoms with Gasteiger partial charge in [0.05, 0.1) is 0 Å². The molecule has 1 rings (SSSR count). The average molecular weight is 300 g/mol. The number of carboxylic acids is 1. The van der Waals surface area contributed by atoms with Crippen molar-refractivity contribution < 1.29 is 14.7 Å². The van der Waals surface area contributed by atoms with Crippen LogP contribution in [-0.4, -0.2) is 17.0 Å². The molecule has 0 bridgehead atoms. The van der Waals surface area contributed by atoms with Crippen LogP contribution in [0, 0.1) is 5.92 Å². The first-order chi connectivity index (χ1) is 7.97. The smallest absolute Gasteiger partial charge is 0.303 e. The van der Waals surface area contributed by atoms with Crippen LogP contribution in [0.15, 0.2) is 28.7 Å². The van der Waals surface area contributed by atoms with Crippen LogP contribution in [0.3, 0.4) is 0 Å². The number of halogens is 1. The molecule has 1 unspecified atom stereocenters. The summed E-state index contributed by atoms with van der Waals surface area (Å²) in [5.41, 5.74) is 0.701. The molecule has 92 valence electrons. The van der Waals surface area contributed by atoms with E-state index in [1.54, 1.807) is 19.1 Å². The molecule has 0 saturated carbocycles. The van der Waals surface area contributed by atoms with Crippen molar-refractivity contribution in [1.82, 2.24) is 0 Å². The van der Waals surface area contributed by atoms with Gasteiger partial charge in [-0.25, -0.2) is 0 Å². The highest BCUT2D eigenvalue weighted by atomic mass is 79.9. The van der Waals surface area contributed by atoms with E-state index in [1.165, 1.54) is 0 Å². The summed E-state index contributed by atoms with van der Waals surface area (Å²) in [5.74, 6) is -1.22. The highest BCUT2D eigenvalue weighted by molar-refractivity contribution is 9.10. The summed E-state index contributed by atoms with van der Waals surface area (Å²) in [6, 6.07) is 7.26. The molecule has 5 heteroatoms. The van der Waals surface area contributed by atoms with Crippen LogP contribution in [0.25, 0.3) is 0 Å². The minimum Gasteiger partial charge on any atom is -0.481 e. The quantitative estimate of drug-likeness (QED) is 0.878. The van der Waals surface area contributed by atoms with E-state index >= 15 is 0 Å². The molecule has 0 radical (unpaired) electrons. The Kier molecular flexibility index (Phi) is 5.15. The molecule has 0 heterocycles. The fourth-order valence-corrected chi connectivity index (χ4v) is 1.86. The van der Waals surface area contributed by atoms with E-state index in [0.717, 1.165) is 4.47 Å². The van der Waals surface area contributed by atoms with Crippen molar-refractivity contribution in [2.45, 2.75) is 19.8 Å². The summed E-state index contributed by atoms with van der Waals surface area (Å²) in [5, 5.41) is 11.3. The van der Waals surface area contributed by atoms with Crippen molar-refractivity contribution in [3.05, 3.63) is 28.7 Å².